The fraction of sp³-hybridized carbons (Fsp3) is 1.00. The normalized spacial score (nSPS) is 10.5. The molecule has 0 unspecified atom stereocenters. The van der Waals surface area contributed by atoms with Crippen molar-refractivity contribution in [3.8, 4) is 0 Å². The van der Waals surface area contributed by atoms with E-state index in [9.17, 15) is 0 Å². The molecule has 0 aromatic carbocycles. The molecule has 0 aliphatic rings. The van der Waals surface area contributed by atoms with Crippen LogP contribution in [0.25, 0.3) is 0 Å². The van der Waals surface area contributed by atoms with Gasteiger partial charge in [0.05, 0.1) is 19.8 Å². The highest BCUT2D eigenvalue weighted by Crippen LogP contribution is 2.02. The zero-order chi connectivity index (χ0) is 9.07. The van der Waals surface area contributed by atoms with Crippen LogP contribution in [0, 0.1) is 0 Å². The number of halogens is 1. The minimum absolute atomic E-state index is 0.687. The molecule has 0 spiro atoms. The van der Waals surface area contributed by atoms with E-state index >= 15 is 0 Å². The Morgan fingerprint density at radius 3 is 2.67 bits per heavy atom. The Morgan fingerprint density at radius 1 is 1.17 bits per heavy atom. The van der Waals surface area contributed by atoms with Gasteiger partial charge >= 0.3 is 0 Å². The van der Waals surface area contributed by atoms with Crippen LogP contribution in [0.2, 0.25) is 0 Å². The van der Waals surface area contributed by atoms with Gasteiger partial charge in [-0.25, -0.2) is 0 Å². The predicted molar refractivity (Wildman–Crippen MR) is 55.4 cm³/mol. The first-order chi connectivity index (χ1) is 5.91. The molecule has 2 nitrogen and oxygen atoms in total. The van der Waals surface area contributed by atoms with Gasteiger partial charge in [0.2, 0.25) is 0 Å². The minimum Gasteiger partial charge on any atom is -0.382 e. The Balaban J connectivity index is 2.73. The maximum atomic E-state index is 5.52. The van der Waals surface area contributed by atoms with E-state index in [2.05, 4.69) is 0 Å². The summed E-state index contributed by atoms with van der Waals surface area (Å²) < 4.78 is 10.1. The van der Waals surface area contributed by atoms with Crippen LogP contribution in [0.4, 0.5) is 0 Å². The van der Waals surface area contributed by atoms with Crippen LogP contribution in [-0.2, 0) is 9.47 Å². The van der Waals surface area contributed by atoms with Crippen molar-refractivity contribution >= 4 is 23.4 Å². The molecule has 0 aliphatic heterocycles. The van der Waals surface area contributed by atoms with E-state index in [1.54, 1.807) is 7.11 Å². The smallest absolute Gasteiger partial charge is 0.0700 e. The summed E-state index contributed by atoms with van der Waals surface area (Å²) in [4.78, 5) is 0. The monoisotopic (exact) mass is 212 g/mol. The lowest BCUT2D eigenvalue weighted by Gasteiger charge is -2.02. The molecule has 0 saturated carbocycles. The molecule has 4 heteroatoms. The molecule has 0 rings (SSSR count). The highest BCUT2D eigenvalue weighted by Gasteiger charge is 1.89. The molecular formula is C8H17ClO2S. The molecule has 0 heterocycles. The number of methoxy groups -OCH3 is 1. The first-order valence-electron chi connectivity index (χ1n) is 4.12. The molecule has 12 heavy (non-hydrogen) atoms. The second-order valence-corrected chi connectivity index (χ2v) is 3.86. The molecule has 0 aromatic heterocycles. The van der Waals surface area contributed by atoms with Crippen molar-refractivity contribution < 1.29 is 9.47 Å². The van der Waals surface area contributed by atoms with Gasteiger partial charge in [0.15, 0.2) is 0 Å². The summed E-state index contributed by atoms with van der Waals surface area (Å²) in [7, 11) is 1.68. The van der Waals surface area contributed by atoms with Crippen molar-refractivity contribution in [2.45, 2.75) is 6.42 Å². The van der Waals surface area contributed by atoms with Gasteiger partial charge in [-0.05, 0) is 12.2 Å². The standard InChI is InChI=1S/C8H17ClO2S/c1-10-4-5-11-6-8-12-7-2-3-9/h2-8H2,1H3. The highest BCUT2D eigenvalue weighted by atomic mass is 35.5. The largest absolute Gasteiger partial charge is 0.382 e. The van der Waals surface area contributed by atoms with Gasteiger partial charge in [-0.1, -0.05) is 0 Å². The molecular weight excluding hydrogens is 196 g/mol. The topological polar surface area (TPSA) is 18.5 Å². The maximum Gasteiger partial charge on any atom is 0.0700 e. The summed E-state index contributed by atoms with van der Waals surface area (Å²) in [6.45, 7) is 2.20. The molecule has 0 saturated heterocycles. The Morgan fingerprint density at radius 2 is 2.00 bits per heavy atom. The van der Waals surface area contributed by atoms with Crippen molar-refractivity contribution in [2.24, 2.45) is 0 Å². The van der Waals surface area contributed by atoms with Crippen LogP contribution in [0.5, 0.6) is 0 Å². The lowest BCUT2D eigenvalue weighted by molar-refractivity contribution is 0.0790. The molecule has 0 fully saturated rings. The van der Waals surface area contributed by atoms with Gasteiger partial charge in [0.25, 0.3) is 0 Å². The van der Waals surface area contributed by atoms with Gasteiger partial charge in [-0.2, -0.15) is 11.8 Å². The molecule has 0 atom stereocenters. The lowest BCUT2D eigenvalue weighted by atomic mass is 10.6. The molecule has 0 N–H and O–H groups in total. The lowest BCUT2D eigenvalue weighted by Crippen LogP contribution is -2.04. The van der Waals surface area contributed by atoms with Crippen LogP contribution < -0.4 is 0 Å². The second-order valence-electron chi connectivity index (χ2n) is 2.26. The molecule has 74 valence electrons. The predicted octanol–water partition coefficient (Wildman–Crippen LogP) is 2.01. The third-order valence-electron chi connectivity index (χ3n) is 1.23. The van der Waals surface area contributed by atoms with E-state index in [-0.39, 0.29) is 0 Å². The van der Waals surface area contributed by atoms with Crippen molar-refractivity contribution in [3.63, 3.8) is 0 Å². The second kappa shape index (κ2) is 11.6. The number of ether oxygens (including phenoxy) is 2. The van der Waals surface area contributed by atoms with E-state index in [4.69, 9.17) is 21.1 Å². The highest BCUT2D eigenvalue weighted by molar-refractivity contribution is 7.99. The summed E-state index contributed by atoms with van der Waals surface area (Å²) in [5.41, 5.74) is 0. The van der Waals surface area contributed by atoms with Crippen LogP contribution in [0.3, 0.4) is 0 Å². The van der Waals surface area contributed by atoms with E-state index in [1.807, 2.05) is 11.8 Å². The molecule has 0 aliphatic carbocycles. The third kappa shape index (κ3) is 10.6. The van der Waals surface area contributed by atoms with Crippen LogP contribution >= 0.6 is 23.4 Å². The first kappa shape index (κ1) is 12.6. The fourth-order valence-electron chi connectivity index (χ4n) is 0.621. The first-order valence-corrected chi connectivity index (χ1v) is 5.81. The summed E-state index contributed by atoms with van der Waals surface area (Å²) in [5.74, 6) is 2.95. The molecule has 0 bridgehead atoms. The average molecular weight is 213 g/mol. The SMILES string of the molecule is COCCOCCSCCCCl. The summed E-state index contributed by atoms with van der Waals surface area (Å²) in [5, 5.41) is 0. The quantitative estimate of drug-likeness (QED) is 0.431. The number of hydrogen-bond donors (Lipinski definition) is 0. The average Bonchev–Trinajstić information content (AvgIpc) is 2.10. The van der Waals surface area contributed by atoms with Crippen molar-refractivity contribution in [3.05, 3.63) is 0 Å². The van der Waals surface area contributed by atoms with Crippen LogP contribution in [0.1, 0.15) is 6.42 Å². The third-order valence-corrected chi connectivity index (χ3v) is 2.53. The number of rotatable bonds is 9. The van der Waals surface area contributed by atoms with Gasteiger partial charge in [-0.3, -0.25) is 0 Å². The summed E-state index contributed by atoms with van der Waals surface area (Å²) >= 11 is 7.41. The van der Waals surface area contributed by atoms with Gasteiger partial charge in [0, 0.05) is 18.7 Å². The Kier molecular flexibility index (Phi) is 12.1. The Labute approximate surface area is 83.9 Å². The van der Waals surface area contributed by atoms with Crippen molar-refractivity contribution in [1.82, 2.24) is 0 Å². The molecule has 0 aromatic rings. The number of hydrogen-bond acceptors (Lipinski definition) is 3. The number of alkyl halides is 1. The summed E-state index contributed by atoms with van der Waals surface area (Å²) in [6, 6.07) is 0. The van der Waals surface area contributed by atoms with E-state index < -0.39 is 0 Å². The fourth-order valence-corrected chi connectivity index (χ4v) is 1.70. The number of thioether (sulfide) groups is 1. The van der Waals surface area contributed by atoms with E-state index in [1.165, 1.54) is 0 Å². The maximum absolute atomic E-state index is 5.52. The minimum atomic E-state index is 0.687. The van der Waals surface area contributed by atoms with Crippen LogP contribution in [-0.4, -0.2) is 44.3 Å². The summed E-state index contributed by atoms with van der Waals surface area (Å²) in [6.07, 6.45) is 1.09. The zero-order valence-electron chi connectivity index (χ0n) is 7.55. The van der Waals surface area contributed by atoms with E-state index in [0.29, 0.717) is 13.2 Å². The molecule has 0 radical (unpaired) electrons. The zero-order valence-corrected chi connectivity index (χ0v) is 9.12. The Hall–Kier alpha value is 0.560. The van der Waals surface area contributed by atoms with Gasteiger partial charge in [-0.15, -0.1) is 11.6 Å². The van der Waals surface area contributed by atoms with Crippen molar-refractivity contribution in [1.29, 1.82) is 0 Å². The molecule has 0 amide bonds. The van der Waals surface area contributed by atoms with Crippen LogP contribution in [0.15, 0.2) is 0 Å². The van der Waals surface area contributed by atoms with Crippen molar-refractivity contribution in [2.75, 3.05) is 44.3 Å². The van der Waals surface area contributed by atoms with Gasteiger partial charge < -0.3 is 9.47 Å². The van der Waals surface area contributed by atoms with E-state index in [0.717, 1.165) is 30.4 Å². The Bertz CT molecular complexity index is 73.5. The van der Waals surface area contributed by atoms with Gasteiger partial charge in [0.1, 0.15) is 0 Å².